The molecule has 0 bridgehead atoms. The van der Waals surface area contributed by atoms with Gasteiger partial charge in [-0.15, -0.1) is 0 Å². The van der Waals surface area contributed by atoms with E-state index in [1.165, 1.54) is 0 Å². The van der Waals surface area contributed by atoms with E-state index >= 15 is 0 Å². The Kier molecular flexibility index (Phi) is 3.62. The molecular formula is C17H14N2O3. The predicted octanol–water partition coefficient (Wildman–Crippen LogP) is 3.17. The van der Waals surface area contributed by atoms with Crippen LogP contribution in [-0.4, -0.2) is 13.0 Å². The van der Waals surface area contributed by atoms with Gasteiger partial charge in [-0.1, -0.05) is 18.2 Å². The standard InChI is InChI=1S/C17H14N2O3/c1-21-13-8-7-11-9-14(16(18)22-15(11)10-13)17(20)19-12-5-3-2-4-6-12/h2-10,18H,1H3,(H,19,20). The van der Waals surface area contributed by atoms with Gasteiger partial charge in [-0.05, 0) is 30.3 Å². The Morgan fingerprint density at radius 2 is 1.91 bits per heavy atom. The van der Waals surface area contributed by atoms with Gasteiger partial charge < -0.3 is 14.5 Å². The van der Waals surface area contributed by atoms with Crippen molar-refractivity contribution in [3.05, 3.63) is 65.7 Å². The molecule has 0 aliphatic rings. The van der Waals surface area contributed by atoms with E-state index in [1.807, 2.05) is 18.2 Å². The highest BCUT2D eigenvalue weighted by molar-refractivity contribution is 6.05. The highest BCUT2D eigenvalue weighted by Crippen LogP contribution is 2.20. The van der Waals surface area contributed by atoms with Crippen molar-refractivity contribution in [1.29, 1.82) is 5.41 Å². The van der Waals surface area contributed by atoms with Crippen LogP contribution < -0.4 is 15.6 Å². The van der Waals surface area contributed by atoms with E-state index in [1.54, 1.807) is 43.5 Å². The minimum Gasteiger partial charge on any atom is -0.497 e. The lowest BCUT2D eigenvalue weighted by Gasteiger charge is -2.07. The zero-order valence-corrected chi connectivity index (χ0v) is 11.9. The maximum absolute atomic E-state index is 12.3. The quantitative estimate of drug-likeness (QED) is 0.779. The summed E-state index contributed by atoms with van der Waals surface area (Å²) in [6, 6.07) is 16.0. The number of hydrogen-bond acceptors (Lipinski definition) is 4. The minimum atomic E-state index is -0.377. The van der Waals surface area contributed by atoms with Crippen molar-refractivity contribution in [3.8, 4) is 5.75 Å². The van der Waals surface area contributed by atoms with Crippen molar-refractivity contribution in [2.75, 3.05) is 12.4 Å². The monoisotopic (exact) mass is 294 g/mol. The zero-order chi connectivity index (χ0) is 15.5. The lowest BCUT2D eigenvalue weighted by Crippen LogP contribution is -2.20. The van der Waals surface area contributed by atoms with E-state index in [0.29, 0.717) is 17.0 Å². The first-order chi connectivity index (χ1) is 10.7. The summed E-state index contributed by atoms with van der Waals surface area (Å²) in [6.07, 6.45) is 0. The molecule has 1 heterocycles. The van der Waals surface area contributed by atoms with E-state index in [9.17, 15) is 4.79 Å². The molecule has 3 rings (SSSR count). The highest BCUT2D eigenvalue weighted by Gasteiger charge is 2.12. The summed E-state index contributed by atoms with van der Waals surface area (Å²) < 4.78 is 10.5. The minimum absolute atomic E-state index is 0.182. The molecule has 0 aliphatic heterocycles. The van der Waals surface area contributed by atoms with Crippen LogP contribution in [0.4, 0.5) is 5.69 Å². The van der Waals surface area contributed by atoms with Crippen molar-refractivity contribution in [3.63, 3.8) is 0 Å². The molecule has 5 nitrogen and oxygen atoms in total. The number of amides is 1. The predicted molar refractivity (Wildman–Crippen MR) is 83.0 cm³/mol. The third-order valence-electron chi connectivity index (χ3n) is 3.25. The number of ether oxygens (including phenoxy) is 1. The molecule has 0 radical (unpaired) electrons. The Morgan fingerprint density at radius 1 is 1.14 bits per heavy atom. The number of nitrogens with one attached hydrogen (secondary N) is 2. The molecule has 3 aromatic rings. The van der Waals surface area contributed by atoms with Crippen LogP contribution in [0.2, 0.25) is 0 Å². The number of benzene rings is 2. The zero-order valence-electron chi connectivity index (χ0n) is 11.9. The maximum Gasteiger partial charge on any atom is 0.261 e. The van der Waals surface area contributed by atoms with Gasteiger partial charge in [0.05, 0.1) is 7.11 Å². The summed E-state index contributed by atoms with van der Waals surface area (Å²) in [4.78, 5) is 12.3. The molecule has 0 fully saturated rings. The molecular weight excluding hydrogens is 280 g/mol. The molecule has 0 saturated heterocycles. The van der Waals surface area contributed by atoms with Gasteiger partial charge in [-0.3, -0.25) is 10.2 Å². The van der Waals surface area contributed by atoms with E-state index in [0.717, 1.165) is 5.39 Å². The summed E-state index contributed by atoms with van der Waals surface area (Å²) in [7, 11) is 1.56. The molecule has 5 heteroatoms. The van der Waals surface area contributed by atoms with E-state index in [-0.39, 0.29) is 17.0 Å². The highest BCUT2D eigenvalue weighted by atomic mass is 16.5. The summed E-state index contributed by atoms with van der Waals surface area (Å²) in [5.41, 5.74) is 1.16. The topological polar surface area (TPSA) is 75.3 Å². The molecule has 0 spiro atoms. The van der Waals surface area contributed by atoms with E-state index < -0.39 is 0 Å². The molecule has 110 valence electrons. The summed E-state index contributed by atoms with van der Waals surface area (Å²) >= 11 is 0. The number of carbonyl (C=O) groups is 1. The Morgan fingerprint density at radius 3 is 2.64 bits per heavy atom. The second-order valence-electron chi connectivity index (χ2n) is 4.71. The summed E-state index contributed by atoms with van der Waals surface area (Å²) in [6.45, 7) is 0. The van der Waals surface area contributed by atoms with E-state index in [4.69, 9.17) is 14.6 Å². The first-order valence-corrected chi connectivity index (χ1v) is 6.70. The van der Waals surface area contributed by atoms with Crippen molar-refractivity contribution in [1.82, 2.24) is 0 Å². The van der Waals surface area contributed by atoms with Gasteiger partial charge in [0.2, 0.25) is 5.55 Å². The van der Waals surface area contributed by atoms with Crippen LogP contribution in [0, 0.1) is 5.41 Å². The lowest BCUT2D eigenvalue weighted by atomic mass is 10.1. The second-order valence-corrected chi connectivity index (χ2v) is 4.71. The van der Waals surface area contributed by atoms with Gasteiger partial charge in [0, 0.05) is 17.1 Å². The third kappa shape index (κ3) is 2.69. The number of para-hydroxylation sites is 1. The maximum atomic E-state index is 12.3. The number of methoxy groups -OCH3 is 1. The van der Waals surface area contributed by atoms with Crippen LogP contribution in [0.5, 0.6) is 5.75 Å². The SMILES string of the molecule is COc1ccc2cc(C(=O)Nc3ccccc3)c(=N)oc2c1. The van der Waals surface area contributed by atoms with Gasteiger partial charge in [0.15, 0.2) is 0 Å². The normalized spacial score (nSPS) is 10.4. The Labute approximate surface area is 126 Å². The lowest BCUT2D eigenvalue weighted by molar-refractivity contribution is 0.102. The molecule has 0 saturated carbocycles. The first kappa shape index (κ1) is 13.9. The number of fused-ring (bicyclic) bond motifs is 1. The summed E-state index contributed by atoms with van der Waals surface area (Å²) in [5, 5.41) is 11.4. The molecule has 22 heavy (non-hydrogen) atoms. The summed E-state index contributed by atoms with van der Waals surface area (Å²) in [5.74, 6) is 0.259. The Bertz CT molecular complexity index is 885. The Balaban J connectivity index is 1.98. The molecule has 1 aromatic heterocycles. The number of carbonyl (C=O) groups excluding carboxylic acids is 1. The number of hydrogen-bond donors (Lipinski definition) is 2. The van der Waals surface area contributed by atoms with Gasteiger partial charge in [0.25, 0.3) is 5.91 Å². The van der Waals surface area contributed by atoms with Crippen LogP contribution in [0.25, 0.3) is 11.0 Å². The van der Waals surface area contributed by atoms with Crippen LogP contribution >= 0.6 is 0 Å². The third-order valence-corrected chi connectivity index (χ3v) is 3.25. The van der Waals surface area contributed by atoms with Crippen molar-refractivity contribution >= 4 is 22.6 Å². The van der Waals surface area contributed by atoms with Crippen LogP contribution in [0.15, 0.2) is 59.0 Å². The van der Waals surface area contributed by atoms with Gasteiger partial charge in [-0.2, -0.15) is 0 Å². The second kappa shape index (κ2) is 5.73. The molecule has 2 aromatic carbocycles. The molecule has 1 amide bonds. The van der Waals surface area contributed by atoms with Crippen LogP contribution in [0.3, 0.4) is 0 Å². The smallest absolute Gasteiger partial charge is 0.261 e. The van der Waals surface area contributed by atoms with Crippen molar-refractivity contribution < 1.29 is 13.9 Å². The number of rotatable bonds is 3. The number of anilines is 1. The average molecular weight is 294 g/mol. The van der Waals surface area contributed by atoms with E-state index in [2.05, 4.69) is 5.32 Å². The molecule has 0 aliphatic carbocycles. The first-order valence-electron chi connectivity index (χ1n) is 6.70. The average Bonchev–Trinajstić information content (AvgIpc) is 2.54. The van der Waals surface area contributed by atoms with Crippen molar-refractivity contribution in [2.45, 2.75) is 0 Å². The van der Waals surface area contributed by atoms with Crippen molar-refractivity contribution in [2.24, 2.45) is 0 Å². The van der Waals surface area contributed by atoms with Crippen LogP contribution in [0.1, 0.15) is 10.4 Å². The molecule has 0 atom stereocenters. The fourth-order valence-corrected chi connectivity index (χ4v) is 2.12. The van der Waals surface area contributed by atoms with Gasteiger partial charge in [0.1, 0.15) is 16.9 Å². The largest absolute Gasteiger partial charge is 0.497 e. The van der Waals surface area contributed by atoms with Gasteiger partial charge in [-0.25, -0.2) is 0 Å². The molecule has 2 N–H and O–H groups in total. The fraction of sp³-hybridized carbons (Fsp3) is 0.0588. The van der Waals surface area contributed by atoms with Gasteiger partial charge >= 0.3 is 0 Å². The fourth-order valence-electron chi connectivity index (χ4n) is 2.12. The molecule has 0 unspecified atom stereocenters. The Hall–Kier alpha value is -3.08. The van der Waals surface area contributed by atoms with Crippen LogP contribution in [-0.2, 0) is 0 Å².